The van der Waals surface area contributed by atoms with E-state index in [-0.39, 0.29) is 18.3 Å². The van der Waals surface area contributed by atoms with Gasteiger partial charge in [-0.05, 0) is 23.3 Å². The SMILES string of the molecule is O=C(/C=C/c1ccccc1F)NC(CO)c1cccc(CN2CCOCC2)c1. The lowest BCUT2D eigenvalue weighted by Crippen LogP contribution is -2.35. The zero-order valence-corrected chi connectivity index (χ0v) is 15.7. The van der Waals surface area contributed by atoms with Crippen molar-refractivity contribution in [3.63, 3.8) is 0 Å². The van der Waals surface area contributed by atoms with Gasteiger partial charge in [0.15, 0.2) is 0 Å². The molecule has 2 aromatic carbocycles. The number of ether oxygens (including phenoxy) is 1. The monoisotopic (exact) mass is 384 g/mol. The third kappa shape index (κ3) is 5.73. The Kier molecular flexibility index (Phi) is 7.31. The van der Waals surface area contributed by atoms with Gasteiger partial charge in [0.25, 0.3) is 0 Å². The second-order valence-electron chi connectivity index (χ2n) is 6.73. The van der Waals surface area contributed by atoms with Crippen molar-refractivity contribution in [2.45, 2.75) is 12.6 Å². The molecule has 1 amide bonds. The summed E-state index contributed by atoms with van der Waals surface area (Å²) in [4.78, 5) is 14.5. The molecule has 0 aliphatic carbocycles. The minimum atomic E-state index is -0.526. The molecular weight excluding hydrogens is 359 g/mol. The highest BCUT2D eigenvalue weighted by molar-refractivity contribution is 5.92. The van der Waals surface area contributed by atoms with Crippen molar-refractivity contribution < 1.29 is 19.0 Å². The van der Waals surface area contributed by atoms with E-state index in [4.69, 9.17) is 4.74 Å². The molecule has 2 N–H and O–H groups in total. The van der Waals surface area contributed by atoms with Crippen LogP contribution in [0.2, 0.25) is 0 Å². The average Bonchev–Trinajstić information content (AvgIpc) is 2.72. The molecule has 0 radical (unpaired) electrons. The van der Waals surface area contributed by atoms with E-state index in [1.54, 1.807) is 18.2 Å². The fourth-order valence-electron chi connectivity index (χ4n) is 3.16. The summed E-state index contributed by atoms with van der Waals surface area (Å²) in [7, 11) is 0. The highest BCUT2D eigenvalue weighted by atomic mass is 19.1. The molecule has 3 rings (SSSR count). The highest BCUT2D eigenvalue weighted by Gasteiger charge is 2.15. The standard InChI is InChI=1S/C22H25FN2O3/c23-20-7-2-1-5-18(20)8-9-22(27)24-21(16-26)19-6-3-4-17(14-19)15-25-10-12-28-13-11-25/h1-9,14,21,26H,10-13,15-16H2,(H,24,27)/b9-8+. The summed E-state index contributed by atoms with van der Waals surface area (Å²) >= 11 is 0. The molecule has 0 spiro atoms. The van der Waals surface area contributed by atoms with Crippen LogP contribution in [0.5, 0.6) is 0 Å². The molecule has 1 aliphatic rings. The molecular formula is C22H25FN2O3. The molecule has 1 heterocycles. The number of aliphatic hydroxyl groups excluding tert-OH is 1. The Hall–Kier alpha value is -2.54. The summed E-state index contributed by atoms with van der Waals surface area (Å²) in [6.45, 7) is 3.85. The topological polar surface area (TPSA) is 61.8 Å². The summed E-state index contributed by atoms with van der Waals surface area (Å²) in [5.74, 6) is -0.776. The van der Waals surface area contributed by atoms with E-state index in [0.717, 1.165) is 44.0 Å². The Labute approximate surface area is 164 Å². The van der Waals surface area contributed by atoms with Gasteiger partial charge < -0.3 is 15.2 Å². The summed E-state index contributed by atoms with van der Waals surface area (Å²) in [5, 5.41) is 12.5. The van der Waals surface area contributed by atoms with Crippen molar-refractivity contribution in [1.29, 1.82) is 0 Å². The van der Waals surface area contributed by atoms with Crippen molar-refractivity contribution in [3.8, 4) is 0 Å². The molecule has 1 aliphatic heterocycles. The number of hydrogen-bond donors (Lipinski definition) is 2. The van der Waals surface area contributed by atoms with Gasteiger partial charge in [0.2, 0.25) is 5.91 Å². The van der Waals surface area contributed by atoms with Gasteiger partial charge >= 0.3 is 0 Å². The van der Waals surface area contributed by atoms with Crippen LogP contribution in [0.3, 0.4) is 0 Å². The normalized spacial score (nSPS) is 16.2. The van der Waals surface area contributed by atoms with Gasteiger partial charge in [0.05, 0.1) is 25.9 Å². The lowest BCUT2D eigenvalue weighted by atomic mass is 10.0. The third-order valence-corrected chi connectivity index (χ3v) is 4.68. The summed E-state index contributed by atoms with van der Waals surface area (Å²) in [6.07, 6.45) is 2.70. The second kappa shape index (κ2) is 10.1. The number of amides is 1. The van der Waals surface area contributed by atoms with E-state index >= 15 is 0 Å². The van der Waals surface area contributed by atoms with Gasteiger partial charge in [0.1, 0.15) is 5.82 Å². The first kappa shape index (κ1) is 20.2. The molecule has 0 bridgehead atoms. The number of carbonyl (C=O) groups is 1. The first-order valence-electron chi connectivity index (χ1n) is 9.38. The van der Waals surface area contributed by atoms with Crippen molar-refractivity contribution >= 4 is 12.0 Å². The third-order valence-electron chi connectivity index (χ3n) is 4.68. The molecule has 1 atom stereocenters. The van der Waals surface area contributed by atoms with Crippen LogP contribution >= 0.6 is 0 Å². The zero-order chi connectivity index (χ0) is 19.8. The molecule has 6 heteroatoms. The number of aliphatic hydroxyl groups is 1. The van der Waals surface area contributed by atoms with Crippen LogP contribution in [0, 0.1) is 5.82 Å². The Balaban J connectivity index is 1.63. The molecule has 1 fully saturated rings. The minimum absolute atomic E-state index is 0.222. The maximum Gasteiger partial charge on any atom is 0.244 e. The van der Waals surface area contributed by atoms with Crippen molar-refractivity contribution in [2.75, 3.05) is 32.9 Å². The molecule has 5 nitrogen and oxygen atoms in total. The minimum Gasteiger partial charge on any atom is -0.394 e. The van der Waals surface area contributed by atoms with Crippen molar-refractivity contribution in [1.82, 2.24) is 10.2 Å². The van der Waals surface area contributed by atoms with E-state index < -0.39 is 6.04 Å². The van der Waals surface area contributed by atoms with Crippen LogP contribution in [-0.2, 0) is 16.1 Å². The van der Waals surface area contributed by atoms with Gasteiger partial charge in [-0.2, -0.15) is 0 Å². The smallest absolute Gasteiger partial charge is 0.244 e. The number of morpholine rings is 1. The van der Waals surface area contributed by atoms with Gasteiger partial charge in [-0.15, -0.1) is 0 Å². The van der Waals surface area contributed by atoms with E-state index in [1.807, 2.05) is 24.3 Å². The molecule has 0 aromatic heterocycles. The number of hydrogen-bond acceptors (Lipinski definition) is 4. The van der Waals surface area contributed by atoms with Crippen LogP contribution in [0.4, 0.5) is 4.39 Å². The maximum atomic E-state index is 13.6. The molecule has 148 valence electrons. The van der Waals surface area contributed by atoms with Crippen LogP contribution < -0.4 is 5.32 Å². The second-order valence-corrected chi connectivity index (χ2v) is 6.73. The molecule has 28 heavy (non-hydrogen) atoms. The van der Waals surface area contributed by atoms with Gasteiger partial charge in [-0.3, -0.25) is 9.69 Å². The lowest BCUT2D eigenvalue weighted by molar-refractivity contribution is -0.117. The summed E-state index contributed by atoms with van der Waals surface area (Å²) in [5.41, 5.74) is 2.29. The fraction of sp³-hybridized carbons (Fsp3) is 0.318. The van der Waals surface area contributed by atoms with E-state index in [2.05, 4.69) is 10.2 Å². The largest absolute Gasteiger partial charge is 0.394 e. The number of nitrogens with one attached hydrogen (secondary N) is 1. The lowest BCUT2D eigenvalue weighted by Gasteiger charge is -2.27. The Bertz CT molecular complexity index is 819. The van der Waals surface area contributed by atoms with Gasteiger partial charge in [-0.1, -0.05) is 42.5 Å². The fourth-order valence-corrected chi connectivity index (χ4v) is 3.16. The quantitative estimate of drug-likeness (QED) is 0.720. The van der Waals surface area contributed by atoms with Crippen LogP contribution in [0.25, 0.3) is 6.08 Å². The van der Waals surface area contributed by atoms with E-state index in [0.29, 0.717) is 5.56 Å². The predicted molar refractivity (Wildman–Crippen MR) is 106 cm³/mol. The number of nitrogens with zero attached hydrogens (tertiary/aromatic N) is 1. The first-order valence-corrected chi connectivity index (χ1v) is 9.38. The average molecular weight is 384 g/mol. The van der Waals surface area contributed by atoms with Crippen LogP contribution in [0.15, 0.2) is 54.6 Å². The highest BCUT2D eigenvalue weighted by Crippen LogP contribution is 2.17. The predicted octanol–water partition coefficient (Wildman–Crippen LogP) is 2.52. The Morgan fingerprint density at radius 1 is 1.21 bits per heavy atom. The Morgan fingerprint density at radius 2 is 2.00 bits per heavy atom. The maximum absolute atomic E-state index is 13.6. The van der Waals surface area contributed by atoms with Gasteiger partial charge in [0, 0.05) is 31.3 Å². The number of carbonyl (C=O) groups excluding carboxylic acids is 1. The number of rotatable bonds is 7. The number of benzene rings is 2. The van der Waals surface area contributed by atoms with Gasteiger partial charge in [-0.25, -0.2) is 4.39 Å². The first-order chi connectivity index (χ1) is 13.7. The van der Waals surface area contributed by atoms with Crippen molar-refractivity contribution in [3.05, 3.63) is 77.1 Å². The summed E-state index contributed by atoms with van der Waals surface area (Å²) in [6, 6.07) is 13.5. The molecule has 1 saturated heterocycles. The molecule has 2 aromatic rings. The van der Waals surface area contributed by atoms with E-state index in [9.17, 15) is 14.3 Å². The molecule has 0 saturated carbocycles. The van der Waals surface area contributed by atoms with Crippen molar-refractivity contribution in [2.24, 2.45) is 0 Å². The van der Waals surface area contributed by atoms with Crippen LogP contribution in [-0.4, -0.2) is 48.8 Å². The van der Waals surface area contributed by atoms with Crippen LogP contribution in [0.1, 0.15) is 22.7 Å². The Morgan fingerprint density at radius 3 is 2.75 bits per heavy atom. The summed E-state index contributed by atoms with van der Waals surface area (Å²) < 4.78 is 19.0. The zero-order valence-electron chi connectivity index (χ0n) is 15.7. The molecule has 1 unspecified atom stereocenters. The number of halogens is 1. The van der Waals surface area contributed by atoms with E-state index in [1.165, 1.54) is 18.2 Å².